The van der Waals surface area contributed by atoms with Crippen molar-refractivity contribution in [2.24, 2.45) is 0 Å². The van der Waals surface area contributed by atoms with Crippen LogP contribution in [0.15, 0.2) is 29.2 Å². The maximum atomic E-state index is 11.8. The molecule has 0 radical (unpaired) electrons. The second-order valence-electron chi connectivity index (χ2n) is 3.58. The molecule has 5 heteroatoms. The SMILES string of the molecule is CCc1nc2c(nc3ccccn32)c(=O)[nH]1. The van der Waals surface area contributed by atoms with Gasteiger partial charge < -0.3 is 4.98 Å². The van der Waals surface area contributed by atoms with Crippen LogP contribution in [0.25, 0.3) is 16.8 Å². The maximum Gasteiger partial charge on any atom is 0.279 e. The lowest BCUT2D eigenvalue weighted by molar-refractivity contribution is 0.934. The number of aryl methyl sites for hydroxylation is 1. The molecule has 0 unspecified atom stereocenters. The van der Waals surface area contributed by atoms with Gasteiger partial charge in [0.1, 0.15) is 11.5 Å². The van der Waals surface area contributed by atoms with Crippen molar-refractivity contribution in [3.8, 4) is 0 Å². The molecule has 0 fully saturated rings. The lowest BCUT2D eigenvalue weighted by atomic mass is 10.4. The maximum absolute atomic E-state index is 11.8. The van der Waals surface area contributed by atoms with E-state index in [2.05, 4.69) is 15.0 Å². The molecule has 0 aliphatic heterocycles. The largest absolute Gasteiger partial charge is 0.309 e. The third-order valence-electron chi connectivity index (χ3n) is 2.55. The zero-order chi connectivity index (χ0) is 11.1. The molecule has 0 saturated heterocycles. The molecule has 0 amide bonds. The molecule has 0 saturated carbocycles. The van der Waals surface area contributed by atoms with E-state index in [1.54, 1.807) is 0 Å². The summed E-state index contributed by atoms with van der Waals surface area (Å²) in [6.45, 7) is 1.95. The third-order valence-corrected chi connectivity index (χ3v) is 2.55. The number of pyridine rings is 1. The zero-order valence-electron chi connectivity index (χ0n) is 8.77. The Hall–Kier alpha value is -2.17. The second kappa shape index (κ2) is 3.16. The van der Waals surface area contributed by atoms with Gasteiger partial charge in [0, 0.05) is 12.6 Å². The number of imidazole rings is 1. The molecule has 0 spiro atoms. The topological polar surface area (TPSA) is 63.1 Å². The summed E-state index contributed by atoms with van der Waals surface area (Å²) in [5.74, 6) is 0.683. The summed E-state index contributed by atoms with van der Waals surface area (Å²) < 4.78 is 1.82. The first kappa shape index (κ1) is 9.08. The van der Waals surface area contributed by atoms with E-state index < -0.39 is 0 Å². The minimum absolute atomic E-state index is 0.175. The van der Waals surface area contributed by atoms with Crippen LogP contribution >= 0.6 is 0 Å². The summed E-state index contributed by atoms with van der Waals surface area (Å²) in [6.07, 6.45) is 2.56. The number of hydrogen-bond acceptors (Lipinski definition) is 3. The van der Waals surface area contributed by atoms with Crippen molar-refractivity contribution in [1.29, 1.82) is 0 Å². The van der Waals surface area contributed by atoms with Crippen LogP contribution < -0.4 is 5.56 Å². The quantitative estimate of drug-likeness (QED) is 0.660. The fourth-order valence-corrected chi connectivity index (χ4v) is 1.76. The van der Waals surface area contributed by atoms with E-state index in [1.165, 1.54) is 0 Å². The summed E-state index contributed by atoms with van der Waals surface area (Å²) in [4.78, 5) is 23.1. The smallest absolute Gasteiger partial charge is 0.279 e. The zero-order valence-corrected chi connectivity index (χ0v) is 8.77. The molecule has 0 atom stereocenters. The number of nitrogens with zero attached hydrogens (tertiary/aromatic N) is 3. The van der Waals surface area contributed by atoms with Gasteiger partial charge in [0.15, 0.2) is 11.2 Å². The van der Waals surface area contributed by atoms with Gasteiger partial charge >= 0.3 is 0 Å². The highest BCUT2D eigenvalue weighted by Crippen LogP contribution is 2.10. The molecule has 80 valence electrons. The van der Waals surface area contributed by atoms with Gasteiger partial charge in [-0.3, -0.25) is 9.20 Å². The van der Waals surface area contributed by atoms with Gasteiger partial charge in [-0.15, -0.1) is 0 Å². The van der Waals surface area contributed by atoms with Crippen LogP contribution in [0.5, 0.6) is 0 Å². The number of H-pyrrole nitrogens is 1. The molecular weight excluding hydrogens is 204 g/mol. The molecule has 0 aliphatic carbocycles. The van der Waals surface area contributed by atoms with Crippen molar-refractivity contribution in [3.05, 3.63) is 40.6 Å². The predicted molar refractivity (Wildman–Crippen MR) is 60.5 cm³/mol. The molecule has 0 bridgehead atoms. The highest BCUT2D eigenvalue weighted by molar-refractivity contribution is 5.75. The van der Waals surface area contributed by atoms with E-state index in [0.29, 0.717) is 23.4 Å². The number of rotatable bonds is 1. The van der Waals surface area contributed by atoms with Crippen LogP contribution in [0.1, 0.15) is 12.7 Å². The first-order valence-corrected chi connectivity index (χ1v) is 5.15. The Kier molecular flexibility index (Phi) is 1.80. The first-order valence-electron chi connectivity index (χ1n) is 5.15. The molecule has 3 heterocycles. The van der Waals surface area contributed by atoms with Gasteiger partial charge in [-0.25, -0.2) is 9.97 Å². The first-order chi connectivity index (χ1) is 7.79. The normalized spacial score (nSPS) is 11.3. The molecule has 3 aromatic rings. The number of hydrogen-bond donors (Lipinski definition) is 1. The van der Waals surface area contributed by atoms with E-state index in [4.69, 9.17) is 0 Å². The molecule has 3 rings (SSSR count). The van der Waals surface area contributed by atoms with E-state index in [1.807, 2.05) is 35.7 Å². The van der Waals surface area contributed by atoms with E-state index in [0.717, 1.165) is 5.65 Å². The van der Waals surface area contributed by atoms with Crippen LogP contribution in [-0.4, -0.2) is 19.4 Å². The Morgan fingerprint density at radius 3 is 3.06 bits per heavy atom. The minimum atomic E-state index is -0.175. The standard InChI is InChI=1S/C11H10N4O/c1-2-7-12-10-9(11(16)13-7)14-8-5-3-4-6-15(8)10/h3-6H,2H2,1H3,(H,12,13,16). The fraction of sp³-hybridized carbons (Fsp3) is 0.182. The fourth-order valence-electron chi connectivity index (χ4n) is 1.76. The monoisotopic (exact) mass is 214 g/mol. The third kappa shape index (κ3) is 1.14. The molecule has 0 aliphatic rings. The van der Waals surface area contributed by atoms with E-state index in [-0.39, 0.29) is 5.56 Å². The molecule has 3 aromatic heterocycles. The Balaban J connectivity index is 2.56. The Labute approximate surface area is 90.8 Å². The van der Waals surface area contributed by atoms with Crippen molar-refractivity contribution < 1.29 is 0 Å². The number of fused-ring (bicyclic) bond motifs is 3. The van der Waals surface area contributed by atoms with E-state index >= 15 is 0 Å². The summed E-state index contributed by atoms with van der Waals surface area (Å²) in [7, 11) is 0. The average Bonchev–Trinajstić information content (AvgIpc) is 2.68. The molecule has 0 aromatic carbocycles. The van der Waals surface area contributed by atoms with Gasteiger partial charge in [-0.2, -0.15) is 0 Å². The van der Waals surface area contributed by atoms with Crippen LogP contribution in [0.3, 0.4) is 0 Å². The summed E-state index contributed by atoms with van der Waals surface area (Å²) in [6, 6.07) is 5.63. The van der Waals surface area contributed by atoms with Crippen molar-refractivity contribution >= 4 is 16.8 Å². The summed E-state index contributed by atoms with van der Waals surface area (Å²) in [5, 5.41) is 0. The summed E-state index contributed by atoms with van der Waals surface area (Å²) >= 11 is 0. The molecule has 1 N–H and O–H groups in total. The molecule has 5 nitrogen and oxygen atoms in total. The van der Waals surface area contributed by atoms with Gasteiger partial charge in [0.25, 0.3) is 5.56 Å². The van der Waals surface area contributed by atoms with Gasteiger partial charge in [-0.1, -0.05) is 13.0 Å². The Morgan fingerprint density at radius 2 is 2.25 bits per heavy atom. The second-order valence-corrected chi connectivity index (χ2v) is 3.58. The van der Waals surface area contributed by atoms with E-state index in [9.17, 15) is 4.79 Å². The van der Waals surface area contributed by atoms with Crippen molar-refractivity contribution in [2.75, 3.05) is 0 Å². The van der Waals surface area contributed by atoms with Crippen molar-refractivity contribution in [1.82, 2.24) is 19.4 Å². The van der Waals surface area contributed by atoms with Crippen LogP contribution in [0.2, 0.25) is 0 Å². The van der Waals surface area contributed by atoms with Gasteiger partial charge in [0.2, 0.25) is 0 Å². The molecule has 16 heavy (non-hydrogen) atoms. The lowest BCUT2D eigenvalue weighted by Gasteiger charge is -1.96. The Morgan fingerprint density at radius 1 is 1.38 bits per heavy atom. The highest BCUT2D eigenvalue weighted by Gasteiger charge is 2.09. The number of aromatic amines is 1. The van der Waals surface area contributed by atoms with Gasteiger partial charge in [-0.05, 0) is 12.1 Å². The average molecular weight is 214 g/mol. The Bertz CT molecular complexity index is 726. The van der Waals surface area contributed by atoms with Crippen molar-refractivity contribution in [3.63, 3.8) is 0 Å². The number of aromatic nitrogens is 4. The number of nitrogens with one attached hydrogen (secondary N) is 1. The van der Waals surface area contributed by atoms with Crippen LogP contribution in [-0.2, 0) is 6.42 Å². The molecular formula is C11H10N4O. The van der Waals surface area contributed by atoms with Crippen LogP contribution in [0.4, 0.5) is 0 Å². The predicted octanol–water partition coefficient (Wildman–Crippen LogP) is 1.13. The van der Waals surface area contributed by atoms with Crippen molar-refractivity contribution in [2.45, 2.75) is 13.3 Å². The highest BCUT2D eigenvalue weighted by atomic mass is 16.1. The van der Waals surface area contributed by atoms with Crippen LogP contribution in [0, 0.1) is 0 Å². The minimum Gasteiger partial charge on any atom is -0.309 e. The lowest BCUT2D eigenvalue weighted by Crippen LogP contribution is -2.11. The summed E-state index contributed by atoms with van der Waals surface area (Å²) in [5.41, 5.74) is 1.58. The van der Waals surface area contributed by atoms with Gasteiger partial charge in [0.05, 0.1) is 0 Å².